The summed E-state index contributed by atoms with van der Waals surface area (Å²) in [6.07, 6.45) is 0. The van der Waals surface area contributed by atoms with Crippen LogP contribution in [0.25, 0.3) is 0 Å². The van der Waals surface area contributed by atoms with Crippen molar-refractivity contribution in [3.8, 4) is 0 Å². The fourth-order valence-corrected chi connectivity index (χ4v) is 7.95. The van der Waals surface area contributed by atoms with Crippen LogP contribution in [0.2, 0.25) is 0 Å². The van der Waals surface area contributed by atoms with Crippen LogP contribution in [0.4, 0.5) is 0 Å². The lowest BCUT2D eigenvalue weighted by molar-refractivity contribution is 0.275. The highest BCUT2D eigenvalue weighted by Crippen LogP contribution is 2.70. The highest BCUT2D eigenvalue weighted by Gasteiger charge is 2.72. The van der Waals surface area contributed by atoms with Crippen LogP contribution in [-0.2, 0) is 9.84 Å². The zero-order valence-electron chi connectivity index (χ0n) is 12.8. The molecular weight excluding hydrogens is 268 g/mol. The van der Waals surface area contributed by atoms with Crippen molar-refractivity contribution in [2.75, 3.05) is 0 Å². The summed E-state index contributed by atoms with van der Waals surface area (Å²) in [7, 11) is -3.23. The van der Waals surface area contributed by atoms with Gasteiger partial charge in [0.25, 0.3) is 0 Å². The van der Waals surface area contributed by atoms with Gasteiger partial charge in [0, 0.05) is 5.41 Å². The average Bonchev–Trinajstić information content (AvgIpc) is 2.62. The van der Waals surface area contributed by atoms with Crippen molar-refractivity contribution in [3.05, 3.63) is 47.0 Å². The molecule has 4 atom stereocenters. The van der Waals surface area contributed by atoms with Gasteiger partial charge in [-0.15, -0.1) is 0 Å². The van der Waals surface area contributed by atoms with Crippen LogP contribution in [0.5, 0.6) is 0 Å². The fraction of sp³-hybridized carbons (Fsp3) is 0.529. The van der Waals surface area contributed by atoms with Crippen molar-refractivity contribution in [2.24, 2.45) is 11.3 Å². The molecule has 3 rings (SSSR count). The summed E-state index contributed by atoms with van der Waals surface area (Å²) in [4.78, 5) is 0. The van der Waals surface area contributed by atoms with Gasteiger partial charge in [-0.05, 0) is 32.3 Å². The Morgan fingerprint density at radius 2 is 1.55 bits per heavy atom. The average molecular weight is 290 g/mol. The van der Waals surface area contributed by atoms with E-state index in [1.54, 1.807) is 0 Å². The van der Waals surface area contributed by atoms with Crippen molar-refractivity contribution in [1.29, 1.82) is 0 Å². The highest BCUT2D eigenvalue weighted by atomic mass is 32.2. The Hall–Kier alpha value is -1.09. The minimum absolute atomic E-state index is 0.116. The van der Waals surface area contributed by atoms with Gasteiger partial charge in [0.05, 0.1) is 10.00 Å². The smallest absolute Gasteiger partial charge is 0.167 e. The summed E-state index contributed by atoms with van der Waals surface area (Å²) in [6, 6.07) is 9.70. The van der Waals surface area contributed by atoms with Gasteiger partial charge in [-0.25, -0.2) is 8.42 Å². The van der Waals surface area contributed by atoms with Gasteiger partial charge in [0.15, 0.2) is 9.84 Å². The third-order valence-electron chi connectivity index (χ3n) is 6.39. The van der Waals surface area contributed by atoms with Crippen molar-refractivity contribution < 1.29 is 8.42 Å². The molecule has 1 heterocycles. The van der Waals surface area contributed by atoms with Crippen LogP contribution in [0.3, 0.4) is 0 Å². The van der Waals surface area contributed by atoms with E-state index < -0.39 is 19.8 Å². The van der Waals surface area contributed by atoms with E-state index in [-0.39, 0.29) is 11.3 Å². The first-order valence-corrected chi connectivity index (χ1v) is 8.71. The minimum Gasteiger partial charge on any atom is -0.227 e. The van der Waals surface area contributed by atoms with E-state index in [9.17, 15) is 8.42 Å². The van der Waals surface area contributed by atoms with Crippen LogP contribution in [0, 0.1) is 11.3 Å². The standard InChI is InChI=1S/C17H22O2S/c1-11-12(2)17(5)13(3)16(11,4)15(20(17,18)19)14-9-7-6-8-10-14/h6-10,13,15H,1-5H3/t13?,15-,16-,17+/m1/s1. The number of fused-ring (bicyclic) bond motifs is 2. The number of hydrogen-bond acceptors (Lipinski definition) is 2. The quantitative estimate of drug-likeness (QED) is 0.735. The highest BCUT2D eigenvalue weighted by molar-refractivity contribution is 7.93. The monoisotopic (exact) mass is 290 g/mol. The molecule has 108 valence electrons. The summed E-state index contributed by atoms with van der Waals surface area (Å²) in [6.45, 7) is 10.3. The molecule has 1 aliphatic heterocycles. The lowest BCUT2D eigenvalue weighted by atomic mass is 9.70. The number of allylic oxidation sites excluding steroid dienone is 1. The van der Waals surface area contributed by atoms with Crippen LogP contribution in [-0.4, -0.2) is 13.2 Å². The third kappa shape index (κ3) is 1.19. The van der Waals surface area contributed by atoms with E-state index in [0.717, 1.165) is 11.1 Å². The van der Waals surface area contributed by atoms with Gasteiger partial charge >= 0.3 is 0 Å². The summed E-state index contributed by atoms with van der Waals surface area (Å²) >= 11 is 0. The SMILES string of the molecule is CC1=C(C)[C@]2(C)C(C)[C@@]1(C)S(=O)(=O)[C@@H]2c1ccccc1. The van der Waals surface area contributed by atoms with Gasteiger partial charge in [-0.2, -0.15) is 0 Å². The van der Waals surface area contributed by atoms with Gasteiger partial charge in [0.2, 0.25) is 0 Å². The Morgan fingerprint density at radius 3 is 2.05 bits per heavy atom. The van der Waals surface area contributed by atoms with Gasteiger partial charge < -0.3 is 0 Å². The first kappa shape index (κ1) is 13.9. The molecule has 20 heavy (non-hydrogen) atoms. The van der Waals surface area contributed by atoms with Gasteiger partial charge in [-0.3, -0.25) is 0 Å². The molecule has 0 saturated carbocycles. The number of hydrogen-bond donors (Lipinski definition) is 0. The molecule has 1 aromatic rings. The molecule has 2 nitrogen and oxygen atoms in total. The second-order valence-electron chi connectivity index (χ2n) is 6.70. The fourth-order valence-electron chi connectivity index (χ4n) is 4.60. The molecular formula is C17H22O2S. The second-order valence-corrected chi connectivity index (χ2v) is 9.11. The Morgan fingerprint density at radius 1 is 1.00 bits per heavy atom. The maximum absolute atomic E-state index is 13.2. The maximum atomic E-state index is 13.2. The third-order valence-corrected chi connectivity index (χ3v) is 9.61. The Labute approximate surface area is 121 Å². The lowest BCUT2D eigenvalue weighted by Gasteiger charge is -2.35. The van der Waals surface area contributed by atoms with Gasteiger partial charge in [0.1, 0.15) is 0 Å². The zero-order chi connectivity index (χ0) is 14.9. The van der Waals surface area contributed by atoms with E-state index in [4.69, 9.17) is 0 Å². The summed E-state index contributed by atoms with van der Waals surface area (Å²) < 4.78 is 25.7. The number of sulfone groups is 1. The van der Waals surface area contributed by atoms with Crippen LogP contribution in [0.15, 0.2) is 41.5 Å². The molecule has 0 N–H and O–H groups in total. The molecule has 0 aromatic heterocycles. The first-order valence-electron chi connectivity index (χ1n) is 7.17. The predicted octanol–water partition coefficient (Wildman–Crippen LogP) is 3.91. The van der Waals surface area contributed by atoms with Crippen LogP contribution < -0.4 is 0 Å². The number of rotatable bonds is 1. The molecule has 2 aliphatic rings. The predicted molar refractivity (Wildman–Crippen MR) is 82.2 cm³/mol. The van der Waals surface area contributed by atoms with E-state index in [1.807, 2.05) is 44.2 Å². The molecule has 1 unspecified atom stereocenters. The second kappa shape index (κ2) is 3.76. The summed E-state index contributed by atoms with van der Waals surface area (Å²) in [5, 5.41) is -0.417. The zero-order valence-corrected chi connectivity index (χ0v) is 13.6. The van der Waals surface area contributed by atoms with Crippen molar-refractivity contribution in [1.82, 2.24) is 0 Å². The largest absolute Gasteiger partial charge is 0.227 e. The lowest BCUT2D eigenvalue weighted by Crippen LogP contribution is -2.37. The normalized spacial score (nSPS) is 42.2. The molecule has 1 saturated heterocycles. The minimum atomic E-state index is -3.23. The van der Waals surface area contributed by atoms with Crippen LogP contribution >= 0.6 is 0 Å². The molecule has 0 amide bonds. The molecule has 0 spiro atoms. The Bertz CT molecular complexity index is 702. The van der Waals surface area contributed by atoms with E-state index in [2.05, 4.69) is 20.8 Å². The molecule has 1 aromatic carbocycles. The van der Waals surface area contributed by atoms with Crippen molar-refractivity contribution in [3.63, 3.8) is 0 Å². The van der Waals surface area contributed by atoms with Crippen LogP contribution in [0.1, 0.15) is 45.4 Å². The molecule has 2 bridgehead atoms. The summed E-state index contributed by atoms with van der Waals surface area (Å²) in [5.74, 6) is 0.116. The summed E-state index contributed by atoms with van der Waals surface area (Å²) in [5.41, 5.74) is 2.95. The van der Waals surface area contributed by atoms with Crippen molar-refractivity contribution in [2.45, 2.75) is 44.6 Å². The Balaban J connectivity index is 2.35. The topological polar surface area (TPSA) is 34.1 Å². The Kier molecular flexibility index (Phi) is 2.61. The maximum Gasteiger partial charge on any atom is 0.167 e. The molecule has 3 heteroatoms. The molecule has 1 aliphatic carbocycles. The van der Waals surface area contributed by atoms with E-state index >= 15 is 0 Å². The number of benzene rings is 1. The molecule has 0 radical (unpaired) electrons. The van der Waals surface area contributed by atoms with Crippen molar-refractivity contribution >= 4 is 9.84 Å². The van der Waals surface area contributed by atoms with E-state index in [0.29, 0.717) is 0 Å². The van der Waals surface area contributed by atoms with Gasteiger partial charge in [-0.1, -0.05) is 55.3 Å². The first-order chi connectivity index (χ1) is 9.20. The molecule has 1 fully saturated rings. The van der Waals surface area contributed by atoms with E-state index in [1.165, 1.54) is 5.57 Å².